The van der Waals surface area contributed by atoms with Crippen LogP contribution < -0.4 is 19.3 Å². The Balaban J connectivity index is 0.686. The van der Waals surface area contributed by atoms with E-state index in [0.29, 0.717) is 5.92 Å². The summed E-state index contributed by atoms with van der Waals surface area (Å²) in [5.41, 5.74) is 31.4. The Labute approximate surface area is 681 Å². The Morgan fingerprint density at radius 3 is 1.26 bits per heavy atom. The summed E-state index contributed by atoms with van der Waals surface area (Å²) in [4.78, 5) is 5.02. The second-order valence-electron chi connectivity index (χ2n) is 31.0. The van der Waals surface area contributed by atoms with Gasteiger partial charge in [-0.25, -0.2) is 0 Å². The summed E-state index contributed by atoms with van der Waals surface area (Å²) in [6.07, 6.45) is 5.66. The van der Waals surface area contributed by atoms with E-state index in [4.69, 9.17) is 9.47 Å². The number of anilines is 5. The van der Waals surface area contributed by atoms with Gasteiger partial charge in [0.05, 0.1) is 22.7 Å². The van der Waals surface area contributed by atoms with Crippen molar-refractivity contribution in [1.82, 2.24) is 0 Å². The molecule has 0 saturated heterocycles. The van der Waals surface area contributed by atoms with E-state index >= 15 is 0 Å². The largest absolute Gasteiger partial charge is 0.456 e. The van der Waals surface area contributed by atoms with Gasteiger partial charge in [-0.3, -0.25) is 0 Å². The van der Waals surface area contributed by atoms with E-state index in [1.165, 1.54) is 54.9 Å². The van der Waals surface area contributed by atoms with Gasteiger partial charge >= 0.3 is 0 Å². The fraction of sp³-hybridized carbons (Fsp3) is 0.0265. The number of allylic oxidation sites excluding steroid dienone is 3. The highest BCUT2D eigenvalue weighted by atomic mass is 16.5. The van der Waals surface area contributed by atoms with E-state index in [1.807, 2.05) is 0 Å². The lowest BCUT2D eigenvalue weighted by Crippen LogP contribution is -2.20. The predicted octanol–water partition coefficient (Wildman–Crippen LogP) is 31.8. The van der Waals surface area contributed by atoms with Crippen molar-refractivity contribution in [3.63, 3.8) is 0 Å². The highest BCUT2D eigenvalue weighted by Gasteiger charge is 2.30. The smallest absolute Gasteiger partial charge is 0.135 e. The number of rotatable bonds is 15. The third-order valence-electron chi connectivity index (χ3n) is 24.0. The van der Waals surface area contributed by atoms with Crippen molar-refractivity contribution in [2.45, 2.75) is 13.3 Å². The zero-order valence-corrected chi connectivity index (χ0v) is 64.4. The lowest BCUT2D eigenvalue weighted by molar-refractivity contribution is 0.487. The van der Waals surface area contributed by atoms with Crippen molar-refractivity contribution in [3.8, 4) is 134 Å². The summed E-state index contributed by atoms with van der Waals surface area (Å²) in [6, 6.07) is 151. The number of hydrogen-bond donors (Lipinski definition) is 0. The average molecular weight is 1490 g/mol. The quantitative estimate of drug-likeness (QED) is 0.102. The molecule has 22 rings (SSSR count). The topological polar surface area (TPSA) is 24.9 Å². The minimum atomic E-state index is 0.346. The van der Waals surface area contributed by atoms with Crippen molar-refractivity contribution in [1.29, 1.82) is 0 Å². The summed E-state index contributed by atoms with van der Waals surface area (Å²) in [5.74, 6) is 3.70. The lowest BCUT2D eigenvalue weighted by Gasteiger charge is -2.34. The molecule has 3 aliphatic rings. The molecule has 0 radical (unpaired) electrons. The van der Waals surface area contributed by atoms with Crippen LogP contribution in [0.25, 0.3) is 160 Å². The van der Waals surface area contributed by atoms with Gasteiger partial charge in [-0.2, -0.15) is 0 Å². The molecular weight excluding hydrogens is 1420 g/mol. The van der Waals surface area contributed by atoms with Crippen molar-refractivity contribution in [2.24, 2.45) is 5.92 Å². The molecule has 0 spiro atoms. The van der Waals surface area contributed by atoms with E-state index in [-0.39, 0.29) is 0 Å². The fourth-order valence-electron chi connectivity index (χ4n) is 18.3. The second kappa shape index (κ2) is 28.8. The number of para-hydroxylation sites is 3. The van der Waals surface area contributed by atoms with Gasteiger partial charge in [0, 0.05) is 55.4 Å². The normalized spacial score (nSPS) is 13.1. The second-order valence-corrected chi connectivity index (χ2v) is 31.0. The van der Waals surface area contributed by atoms with Gasteiger partial charge in [0.2, 0.25) is 0 Å². The molecule has 2 heterocycles. The van der Waals surface area contributed by atoms with E-state index in [2.05, 4.69) is 441 Å². The van der Waals surface area contributed by atoms with Crippen LogP contribution in [0.3, 0.4) is 0 Å². The zero-order chi connectivity index (χ0) is 77.4. The molecular formula is C113H76N2O2. The van der Waals surface area contributed by atoms with Crippen LogP contribution in [0.15, 0.2) is 430 Å². The van der Waals surface area contributed by atoms with E-state index in [0.717, 1.165) is 174 Å². The summed E-state index contributed by atoms with van der Waals surface area (Å²) in [5, 5.41) is 9.29. The molecule has 19 aromatic rings. The molecule has 550 valence electrons. The Bertz CT molecular complexity index is 7190. The first kappa shape index (κ1) is 68.7. The third kappa shape index (κ3) is 12.3. The molecule has 1 unspecified atom stereocenters. The maximum Gasteiger partial charge on any atom is 0.135 e. The van der Waals surface area contributed by atoms with Gasteiger partial charge < -0.3 is 19.3 Å². The molecule has 0 aromatic heterocycles. The van der Waals surface area contributed by atoms with E-state index in [9.17, 15) is 0 Å². The number of ether oxygens (including phenoxy) is 2. The standard InChI is InChI=1S/C113H76N2O2/c1-73-44-64-107(99(66-73)83-53-47-76(48-54-83)74-22-4-2-5-23-74)115(105-40-19-29-81-27-9-11-33-94(81)105)104-39-16-13-35-96(104)90-68-88-31-21-43-110-113(88)102(71-90)98-63-59-86(72-111(98)117-110)85-60-65-106(100(69-85)84-55-49-77(50-56-84)75-24-6-3-7-25-75)114(91-61-57-79(58-62-91)78-45-51-82(52-46-78)93-37-18-28-80-26-8-10-32-92(80)93)103-38-15-12-34-95(103)89-67-87-30-20-42-109-112(87)101(70-89)97-36-14-17-41-108(97)116-109/h2-65,67-73H,66H2,1H3. The van der Waals surface area contributed by atoms with Crippen LogP contribution in [0.5, 0.6) is 23.0 Å². The van der Waals surface area contributed by atoms with Gasteiger partial charge in [-0.1, -0.05) is 328 Å². The number of hydrogen-bond acceptors (Lipinski definition) is 4. The maximum atomic E-state index is 7.21. The maximum absolute atomic E-state index is 7.21. The Kier molecular flexibility index (Phi) is 16.9. The molecule has 0 fully saturated rings. The Hall–Kier alpha value is -15.1. The van der Waals surface area contributed by atoms with Crippen LogP contribution in [0.2, 0.25) is 0 Å². The highest BCUT2D eigenvalue weighted by Crippen LogP contribution is 2.55. The summed E-state index contributed by atoms with van der Waals surface area (Å²) < 4.78 is 13.8. The molecule has 117 heavy (non-hydrogen) atoms. The fourth-order valence-corrected chi connectivity index (χ4v) is 18.3. The first-order valence-electron chi connectivity index (χ1n) is 40.5. The molecule has 2 aliphatic heterocycles. The predicted molar refractivity (Wildman–Crippen MR) is 491 cm³/mol. The Morgan fingerprint density at radius 2 is 0.624 bits per heavy atom. The lowest BCUT2D eigenvalue weighted by atomic mass is 9.86. The zero-order valence-electron chi connectivity index (χ0n) is 64.4. The van der Waals surface area contributed by atoms with Crippen LogP contribution in [-0.4, -0.2) is 0 Å². The minimum absolute atomic E-state index is 0.346. The SMILES string of the molecule is CC1C=CC(N(c2ccccc2-c2cc3c4c(cccc4c2)Oc2cc(-c4ccc(N(c5ccc(-c6ccc(-c7cccc8ccccc78)cc6)cc5)c5ccccc5-c5cc6c7c(cccc7c5)Oc5ccccc5-6)c(-c5ccc(-c6ccccc6)cc5)c4)ccc2-3)c2cccc3ccccc23)=C(c2ccc(-c3ccccc3)cc2)C1. The molecule has 0 amide bonds. The molecule has 4 nitrogen and oxygen atoms in total. The van der Waals surface area contributed by atoms with Crippen LogP contribution in [-0.2, 0) is 0 Å². The van der Waals surface area contributed by atoms with Crippen LogP contribution >= 0.6 is 0 Å². The molecule has 0 bridgehead atoms. The highest BCUT2D eigenvalue weighted by molar-refractivity contribution is 6.11. The monoisotopic (exact) mass is 1490 g/mol. The minimum Gasteiger partial charge on any atom is -0.456 e. The molecule has 1 aliphatic carbocycles. The van der Waals surface area contributed by atoms with Gasteiger partial charge in [0.1, 0.15) is 23.0 Å². The summed E-state index contributed by atoms with van der Waals surface area (Å²) >= 11 is 0. The van der Waals surface area contributed by atoms with Gasteiger partial charge in [0.15, 0.2) is 0 Å². The molecule has 1 atom stereocenters. The van der Waals surface area contributed by atoms with Crippen molar-refractivity contribution >= 4 is 77.1 Å². The number of nitrogens with zero attached hydrogens (tertiary/aromatic N) is 2. The Morgan fingerprint density at radius 1 is 0.231 bits per heavy atom. The van der Waals surface area contributed by atoms with Gasteiger partial charge in [0.25, 0.3) is 0 Å². The average Bonchev–Trinajstić information content (AvgIpc) is 0.767. The first-order chi connectivity index (χ1) is 57.9. The van der Waals surface area contributed by atoms with Crippen molar-refractivity contribution < 1.29 is 9.47 Å². The van der Waals surface area contributed by atoms with Gasteiger partial charge in [-0.15, -0.1) is 0 Å². The van der Waals surface area contributed by atoms with E-state index < -0.39 is 0 Å². The molecule has 0 saturated carbocycles. The first-order valence-corrected chi connectivity index (χ1v) is 40.5. The van der Waals surface area contributed by atoms with Crippen LogP contribution in [0, 0.1) is 5.92 Å². The third-order valence-corrected chi connectivity index (χ3v) is 24.0. The van der Waals surface area contributed by atoms with Crippen LogP contribution in [0.1, 0.15) is 18.9 Å². The van der Waals surface area contributed by atoms with Crippen LogP contribution in [0.4, 0.5) is 28.4 Å². The summed E-state index contributed by atoms with van der Waals surface area (Å²) in [7, 11) is 0. The van der Waals surface area contributed by atoms with E-state index in [1.54, 1.807) is 0 Å². The number of fused-ring (bicyclic) bond motifs is 6. The van der Waals surface area contributed by atoms with Crippen molar-refractivity contribution in [2.75, 3.05) is 9.80 Å². The van der Waals surface area contributed by atoms with Crippen molar-refractivity contribution in [3.05, 3.63) is 436 Å². The summed E-state index contributed by atoms with van der Waals surface area (Å²) in [6.45, 7) is 2.33. The molecule has 4 heteroatoms. The van der Waals surface area contributed by atoms with Gasteiger partial charge in [-0.05, 0) is 237 Å². The molecule has 19 aromatic carbocycles. The number of benzene rings is 19. The molecule has 0 N–H and O–H groups in total.